The van der Waals surface area contributed by atoms with E-state index in [1.807, 2.05) is 48.5 Å². The van der Waals surface area contributed by atoms with Crippen molar-refractivity contribution in [2.75, 3.05) is 11.9 Å². The Morgan fingerprint density at radius 1 is 1.20 bits per heavy atom. The van der Waals surface area contributed by atoms with Gasteiger partial charge in [0.25, 0.3) is 5.91 Å². The number of carbonyl (C=O) groups is 1. The minimum atomic E-state index is -0.471. The largest absolute Gasteiger partial charge is 0.494 e. The summed E-state index contributed by atoms with van der Waals surface area (Å²) >= 11 is 1.41. The lowest BCUT2D eigenvalue weighted by Gasteiger charge is -2.05. The van der Waals surface area contributed by atoms with E-state index in [2.05, 4.69) is 29.4 Å². The van der Waals surface area contributed by atoms with Crippen LogP contribution in [0.25, 0.3) is 6.08 Å². The second-order valence-electron chi connectivity index (χ2n) is 6.69. The molecule has 0 aliphatic carbocycles. The van der Waals surface area contributed by atoms with Crippen LogP contribution in [0.3, 0.4) is 0 Å². The Morgan fingerprint density at radius 2 is 1.97 bits per heavy atom. The Labute approximate surface area is 180 Å². The van der Waals surface area contributed by atoms with Crippen LogP contribution in [0.5, 0.6) is 5.75 Å². The van der Waals surface area contributed by atoms with Crippen LogP contribution in [-0.2, 0) is 11.2 Å². The number of rotatable bonds is 9. The van der Waals surface area contributed by atoms with Crippen molar-refractivity contribution in [3.63, 3.8) is 0 Å². The topological polar surface area (TPSA) is 75.0 Å². The van der Waals surface area contributed by atoms with Crippen molar-refractivity contribution < 1.29 is 9.53 Å². The molecule has 0 aliphatic heterocycles. The lowest BCUT2D eigenvalue weighted by Crippen LogP contribution is -2.13. The second kappa shape index (κ2) is 10.9. The van der Waals surface area contributed by atoms with Gasteiger partial charge in [0.2, 0.25) is 0 Å². The van der Waals surface area contributed by atoms with Gasteiger partial charge in [0, 0.05) is 17.5 Å². The molecular formula is C24H23N3O2S. The number of hydrogen-bond acceptors (Lipinski definition) is 5. The Bertz CT molecular complexity index is 1030. The zero-order valence-electron chi connectivity index (χ0n) is 16.8. The monoisotopic (exact) mass is 417 g/mol. The zero-order chi connectivity index (χ0) is 21.2. The van der Waals surface area contributed by atoms with Crippen LogP contribution in [0.1, 0.15) is 35.8 Å². The first-order valence-electron chi connectivity index (χ1n) is 9.82. The molecule has 0 saturated heterocycles. The van der Waals surface area contributed by atoms with Crippen molar-refractivity contribution in [1.29, 1.82) is 5.26 Å². The average molecular weight is 418 g/mol. The molecule has 0 atom stereocenters. The van der Waals surface area contributed by atoms with Gasteiger partial charge in [0.05, 0.1) is 6.61 Å². The molecule has 3 aromatic rings. The molecule has 3 rings (SSSR count). The molecule has 0 saturated carbocycles. The minimum absolute atomic E-state index is 0.0226. The summed E-state index contributed by atoms with van der Waals surface area (Å²) in [6.07, 6.45) is 6.14. The summed E-state index contributed by atoms with van der Waals surface area (Å²) in [5.74, 6) is 0.304. The molecule has 2 aromatic carbocycles. The molecule has 0 aliphatic rings. The van der Waals surface area contributed by atoms with Gasteiger partial charge < -0.3 is 4.74 Å². The van der Waals surface area contributed by atoms with E-state index in [1.165, 1.54) is 16.9 Å². The maximum Gasteiger partial charge on any atom is 0.268 e. The van der Waals surface area contributed by atoms with E-state index in [0.717, 1.165) is 35.5 Å². The van der Waals surface area contributed by atoms with E-state index in [1.54, 1.807) is 12.3 Å². The Kier molecular flexibility index (Phi) is 7.76. The molecule has 0 bridgehead atoms. The highest BCUT2D eigenvalue weighted by Gasteiger charge is 2.12. The number of nitrogens with one attached hydrogen (secondary N) is 1. The van der Waals surface area contributed by atoms with Crippen molar-refractivity contribution >= 4 is 28.5 Å². The third-order valence-electron chi connectivity index (χ3n) is 4.32. The van der Waals surface area contributed by atoms with Crippen LogP contribution in [0.15, 0.2) is 66.4 Å². The predicted octanol–water partition coefficient (Wildman–Crippen LogP) is 5.46. The summed E-state index contributed by atoms with van der Waals surface area (Å²) in [5, 5.41) is 12.6. The zero-order valence-corrected chi connectivity index (χ0v) is 17.6. The molecule has 1 heterocycles. The highest BCUT2D eigenvalue weighted by Crippen LogP contribution is 2.22. The first-order valence-corrected chi connectivity index (χ1v) is 10.6. The Morgan fingerprint density at radius 3 is 2.67 bits per heavy atom. The summed E-state index contributed by atoms with van der Waals surface area (Å²) in [4.78, 5) is 17.8. The molecule has 0 unspecified atom stereocenters. The summed E-state index contributed by atoms with van der Waals surface area (Å²) in [5.41, 5.74) is 1.96. The summed E-state index contributed by atoms with van der Waals surface area (Å²) in [6.45, 7) is 2.79. The normalized spacial score (nSPS) is 11.0. The average Bonchev–Trinajstić information content (AvgIpc) is 3.20. The van der Waals surface area contributed by atoms with Gasteiger partial charge in [-0.1, -0.05) is 55.8 Å². The van der Waals surface area contributed by atoms with Crippen molar-refractivity contribution in [2.24, 2.45) is 0 Å². The van der Waals surface area contributed by atoms with E-state index in [0.29, 0.717) is 11.7 Å². The number of amides is 1. The van der Waals surface area contributed by atoms with Gasteiger partial charge >= 0.3 is 0 Å². The number of ether oxygens (including phenoxy) is 1. The van der Waals surface area contributed by atoms with Crippen LogP contribution in [0.2, 0.25) is 0 Å². The molecule has 30 heavy (non-hydrogen) atoms. The number of thiazole rings is 1. The maximum absolute atomic E-state index is 12.5. The number of aromatic nitrogens is 1. The van der Waals surface area contributed by atoms with Crippen LogP contribution >= 0.6 is 11.3 Å². The SMILES string of the molecule is CCCCOc1ccc(C=C(C#N)C(=O)Nc2ncc(Cc3ccccc3)s2)cc1. The van der Waals surface area contributed by atoms with Gasteiger partial charge in [-0.25, -0.2) is 4.98 Å². The van der Waals surface area contributed by atoms with Crippen LogP contribution in [0, 0.1) is 11.3 Å². The second-order valence-corrected chi connectivity index (χ2v) is 7.80. The number of anilines is 1. The first kappa shape index (κ1) is 21.3. The molecule has 6 heteroatoms. The van der Waals surface area contributed by atoms with Gasteiger partial charge in [0.1, 0.15) is 17.4 Å². The van der Waals surface area contributed by atoms with Crippen molar-refractivity contribution in [1.82, 2.24) is 4.98 Å². The van der Waals surface area contributed by atoms with E-state index in [4.69, 9.17) is 4.74 Å². The van der Waals surface area contributed by atoms with Gasteiger partial charge in [-0.2, -0.15) is 5.26 Å². The molecule has 1 aromatic heterocycles. The van der Waals surface area contributed by atoms with Crippen molar-refractivity contribution in [3.8, 4) is 11.8 Å². The molecule has 0 radical (unpaired) electrons. The molecule has 152 valence electrons. The van der Waals surface area contributed by atoms with Gasteiger partial charge in [-0.3, -0.25) is 10.1 Å². The van der Waals surface area contributed by atoms with Crippen LogP contribution in [0.4, 0.5) is 5.13 Å². The van der Waals surface area contributed by atoms with E-state index >= 15 is 0 Å². The number of carbonyl (C=O) groups excluding carboxylic acids is 1. The van der Waals surface area contributed by atoms with Crippen molar-refractivity contribution in [2.45, 2.75) is 26.2 Å². The third-order valence-corrected chi connectivity index (χ3v) is 5.23. The van der Waals surface area contributed by atoms with Gasteiger partial charge in [-0.15, -0.1) is 11.3 Å². The molecule has 5 nitrogen and oxygen atoms in total. The third kappa shape index (κ3) is 6.29. The summed E-state index contributed by atoms with van der Waals surface area (Å²) in [6, 6.07) is 19.4. The lowest BCUT2D eigenvalue weighted by atomic mass is 10.1. The highest BCUT2D eigenvalue weighted by atomic mass is 32.1. The molecular weight excluding hydrogens is 394 g/mol. The number of nitrogens with zero attached hydrogens (tertiary/aromatic N) is 2. The van der Waals surface area contributed by atoms with Gasteiger partial charge in [0.15, 0.2) is 5.13 Å². The fourth-order valence-corrected chi connectivity index (χ4v) is 3.56. The fourth-order valence-electron chi connectivity index (χ4n) is 2.72. The van der Waals surface area contributed by atoms with Crippen LogP contribution in [-0.4, -0.2) is 17.5 Å². The fraction of sp³-hybridized carbons (Fsp3) is 0.208. The molecule has 0 fully saturated rings. The number of benzene rings is 2. The Hall–Kier alpha value is -3.43. The number of nitriles is 1. The Balaban J connectivity index is 1.61. The quantitative estimate of drug-likeness (QED) is 0.285. The smallest absolute Gasteiger partial charge is 0.268 e. The summed E-state index contributed by atoms with van der Waals surface area (Å²) in [7, 11) is 0. The standard InChI is InChI=1S/C24H23N3O2S/c1-2-3-13-29-21-11-9-19(10-12-21)14-20(16-25)23(28)27-24-26-17-22(30-24)15-18-7-5-4-6-8-18/h4-12,14,17H,2-3,13,15H2,1H3,(H,26,27,28). The minimum Gasteiger partial charge on any atom is -0.494 e. The van der Waals surface area contributed by atoms with Crippen molar-refractivity contribution in [3.05, 3.63) is 82.4 Å². The van der Waals surface area contributed by atoms with Crippen LogP contribution < -0.4 is 10.1 Å². The lowest BCUT2D eigenvalue weighted by molar-refractivity contribution is -0.112. The van der Waals surface area contributed by atoms with E-state index in [-0.39, 0.29) is 5.57 Å². The van der Waals surface area contributed by atoms with E-state index < -0.39 is 5.91 Å². The summed E-state index contributed by atoms with van der Waals surface area (Å²) < 4.78 is 5.63. The number of hydrogen-bond donors (Lipinski definition) is 1. The maximum atomic E-state index is 12.5. The highest BCUT2D eigenvalue weighted by molar-refractivity contribution is 7.15. The molecule has 1 N–H and O–H groups in total. The molecule has 1 amide bonds. The first-order chi connectivity index (χ1) is 14.7. The molecule has 0 spiro atoms. The predicted molar refractivity (Wildman–Crippen MR) is 120 cm³/mol. The van der Waals surface area contributed by atoms with E-state index in [9.17, 15) is 10.1 Å². The van der Waals surface area contributed by atoms with Gasteiger partial charge in [-0.05, 0) is 35.8 Å². The number of unbranched alkanes of at least 4 members (excludes halogenated alkanes) is 1.